The van der Waals surface area contributed by atoms with Crippen molar-refractivity contribution < 1.29 is 4.74 Å². The number of ether oxygens (including phenoxy) is 1. The van der Waals surface area contributed by atoms with Gasteiger partial charge in [-0.15, -0.1) is 0 Å². The molecule has 2 unspecified atom stereocenters. The van der Waals surface area contributed by atoms with E-state index in [-0.39, 0.29) is 0 Å². The molecule has 2 fully saturated rings. The largest absolute Gasteiger partial charge is 0.381 e. The lowest BCUT2D eigenvalue weighted by molar-refractivity contribution is 0.0431. The fraction of sp³-hybridized carbons (Fsp3) is 1.00. The molecule has 1 N–H and O–H groups in total. The molecule has 1 saturated carbocycles. The van der Waals surface area contributed by atoms with E-state index in [1.54, 1.807) is 0 Å². The van der Waals surface area contributed by atoms with Crippen LogP contribution in [0.1, 0.15) is 39.5 Å². The highest BCUT2D eigenvalue weighted by molar-refractivity contribution is 4.94. The van der Waals surface area contributed by atoms with E-state index in [2.05, 4.69) is 19.2 Å². The zero-order chi connectivity index (χ0) is 10.0. The maximum atomic E-state index is 5.48. The molecule has 0 spiro atoms. The Bertz CT molecular complexity index is 185. The molecule has 82 valence electrons. The van der Waals surface area contributed by atoms with Gasteiger partial charge in [0.25, 0.3) is 0 Å². The Morgan fingerprint density at radius 2 is 2.21 bits per heavy atom. The number of nitrogens with one attached hydrogen (secondary N) is 1. The minimum Gasteiger partial charge on any atom is -0.381 e. The van der Waals surface area contributed by atoms with Gasteiger partial charge in [-0.25, -0.2) is 0 Å². The van der Waals surface area contributed by atoms with Crippen LogP contribution in [0.2, 0.25) is 0 Å². The maximum Gasteiger partial charge on any atom is 0.0506 e. The molecule has 1 aliphatic carbocycles. The van der Waals surface area contributed by atoms with Gasteiger partial charge in [-0.2, -0.15) is 0 Å². The van der Waals surface area contributed by atoms with Crippen LogP contribution in [0.5, 0.6) is 0 Å². The summed E-state index contributed by atoms with van der Waals surface area (Å²) in [5.41, 5.74) is 0.537. The molecular weight excluding hydrogens is 174 g/mol. The topological polar surface area (TPSA) is 21.3 Å². The summed E-state index contributed by atoms with van der Waals surface area (Å²) in [6, 6.07) is 0.754. The van der Waals surface area contributed by atoms with Crippen molar-refractivity contribution in [2.75, 3.05) is 19.8 Å². The van der Waals surface area contributed by atoms with Gasteiger partial charge in [0.05, 0.1) is 6.61 Å². The van der Waals surface area contributed by atoms with Crippen molar-refractivity contribution in [2.24, 2.45) is 11.3 Å². The first kappa shape index (κ1) is 10.4. The van der Waals surface area contributed by atoms with Crippen LogP contribution in [-0.2, 0) is 4.74 Å². The lowest BCUT2D eigenvalue weighted by Gasteiger charge is -2.45. The van der Waals surface area contributed by atoms with E-state index >= 15 is 0 Å². The van der Waals surface area contributed by atoms with Crippen LogP contribution < -0.4 is 5.32 Å². The van der Waals surface area contributed by atoms with Gasteiger partial charge in [0.15, 0.2) is 0 Å². The van der Waals surface area contributed by atoms with Crippen molar-refractivity contribution in [3.63, 3.8) is 0 Å². The minimum absolute atomic E-state index is 0.537. The average molecular weight is 197 g/mol. The van der Waals surface area contributed by atoms with Gasteiger partial charge in [-0.3, -0.25) is 0 Å². The molecule has 1 aliphatic heterocycles. The predicted octanol–water partition coefficient (Wildman–Crippen LogP) is 2.19. The Morgan fingerprint density at radius 3 is 2.71 bits per heavy atom. The Balaban J connectivity index is 1.66. The van der Waals surface area contributed by atoms with E-state index < -0.39 is 0 Å². The van der Waals surface area contributed by atoms with E-state index in [9.17, 15) is 0 Å². The summed E-state index contributed by atoms with van der Waals surface area (Å²) in [7, 11) is 0. The highest BCUT2D eigenvalue weighted by Gasteiger charge is 2.38. The molecule has 0 bridgehead atoms. The molecule has 0 aromatic heterocycles. The van der Waals surface area contributed by atoms with E-state index in [4.69, 9.17) is 4.74 Å². The van der Waals surface area contributed by atoms with Crippen LogP contribution >= 0.6 is 0 Å². The molecule has 2 heteroatoms. The third-order valence-electron chi connectivity index (χ3n) is 3.93. The van der Waals surface area contributed by atoms with Crippen LogP contribution in [0, 0.1) is 11.3 Å². The SMILES string of the molecule is CC1(C)CCC1NCC1CCCOC1. The molecule has 14 heavy (non-hydrogen) atoms. The quantitative estimate of drug-likeness (QED) is 0.749. The van der Waals surface area contributed by atoms with E-state index in [0.29, 0.717) is 5.41 Å². The number of rotatable bonds is 3. The fourth-order valence-electron chi connectivity index (χ4n) is 2.52. The fourth-order valence-corrected chi connectivity index (χ4v) is 2.52. The van der Waals surface area contributed by atoms with Crippen LogP contribution in [0.4, 0.5) is 0 Å². The lowest BCUT2D eigenvalue weighted by Crippen LogP contribution is -2.51. The van der Waals surface area contributed by atoms with Crippen LogP contribution in [0.15, 0.2) is 0 Å². The Morgan fingerprint density at radius 1 is 1.36 bits per heavy atom. The van der Waals surface area contributed by atoms with Crippen LogP contribution in [0.3, 0.4) is 0 Å². The Labute approximate surface area is 87.4 Å². The highest BCUT2D eigenvalue weighted by Crippen LogP contribution is 2.39. The molecular formula is C12H23NO. The standard InChI is InChI=1S/C12H23NO/c1-12(2)6-5-11(12)13-8-10-4-3-7-14-9-10/h10-11,13H,3-9H2,1-2H3. The summed E-state index contributed by atoms with van der Waals surface area (Å²) in [5.74, 6) is 0.764. The van der Waals surface area contributed by atoms with Crippen LogP contribution in [0.25, 0.3) is 0 Å². The Hall–Kier alpha value is -0.0800. The van der Waals surface area contributed by atoms with Crippen molar-refractivity contribution in [2.45, 2.75) is 45.6 Å². The minimum atomic E-state index is 0.537. The van der Waals surface area contributed by atoms with Crippen molar-refractivity contribution in [3.05, 3.63) is 0 Å². The van der Waals surface area contributed by atoms with E-state index in [1.807, 2.05) is 0 Å². The maximum absolute atomic E-state index is 5.48. The van der Waals surface area contributed by atoms with Crippen molar-refractivity contribution in [1.82, 2.24) is 5.32 Å². The van der Waals surface area contributed by atoms with Crippen molar-refractivity contribution in [1.29, 1.82) is 0 Å². The molecule has 0 amide bonds. The van der Waals surface area contributed by atoms with Gasteiger partial charge in [0, 0.05) is 19.2 Å². The van der Waals surface area contributed by atoms with Crippen molar-refractivity contribution >= 4 is 0 Å². The summed E-state index contributed by atoms with van der Waals surface area (Å²) in [5, 5.41) is 3.70. The summed E-state index contributed by atoms with van der Waals surface area (Å²) in [6.45, 7) is 7.84. The molecule has 2 aliphatic rings. The first-order valence-corrected chi connectivity index (χ1v) is 5.99. The van der Waals surface area contributed by atoms with Crippen molar-refractivity contribution in [3.8, 4) is 0 Å². The first-order valence-electron chi connectivity index (χ1n) is 5.99. The number of hydrogen-bond acceptors (Lipinski definition) is 2. The second kappa shape index (κ2) is 4.19. The van der Waals surface area contributed by atoms with Gasteiger partial charge in [0.1, 0.15) is 0 Å². The zero-order valence-electron chi connectivity index (χ0n) is 9.51. The molecule has 2 rings (SSSR count). The molecule has 1 saturated heterocycles. The lowest BCUT2D eigenvalue weighted by atomic mass is 9.67. The van der Waals surface area contributed by atoms with E-state index in [0.717, 1.165) is 31.7 Å². The summed E-state index contributed by atoms with van der Waals surface area (Å²) >= 11 is 0. The molecule has 1 heterocycles. The molecule has 2 atom stereocenters. The molecule has 0 aromatic carbocycles. The monoisotopic (exact) mass is 197 g/mol. The second-order valence-corrected chi connectivity index (χ2v) is 5.57. The molecule has 2 nitrogen and oxygen atoms in total. The normalized spacial score (nSPS) is 36.4. The Kier molecular flexibility index (Phi) is 3.13. The van der Waals surface area contributed by atoms with Crippen LogP contribution in [-0.4, -0.2) is 25.8 Å². The molecule has 0 radical (unpaired) electrons. The van der Waals surface area contributed by atoms with E-state index in [1.165, 1.54) is 25.7 Å². The molecule has 0 aromatic rings. The number of hydrogen-bond donors (Lipinski definition) is 1. The van der Waals surface area contributed by atoms with Gasteiger partial charge in [-0.1, -0.05) is 13.8 Å². The third-order valence-corrected chi connectivity index (χ3v) is 3.93. The zero-order valence-corrected chi connectivity index (χ0v) is 9.51. The van der Waals surface area contributed by atoms with Gasteiger partial charge in [0.2, 0.25) is 0 Å². The first-order chi connectivity index (χ1) is 6.68. The van der Waals surface area contributed by atoms with Gasteiger partial charge >= 0.3 is 0 Å². The van der Waals surface area contributed by atoms with Gasteiger partial charge < -0.3 is 10.1 Å². The summed E-state index contributed by atoms with van der Waals surface area (Å²) < 4.78 is 5.48. The summed E-state index contributed by atoms with van der Waals surface area (Å²) in [6.07, 6.45) is 5.34. The second-order valence-electron chi connectivity index (χ2n) is 5.57. The average Bonchev–Trinajstić information content (AvgIpc) is 2.18. The third kappa shape index (κ3) is 2.29. The van der Waals surface area contributed by atoms with Gasteiger partial charge in [-0.05, 0) is 37.0 Å². The highest BCUT2D eigenvalue weighted by atomic mass is 16.5. The smallest absolute Gasteiger partial charge is 0.0506 e. The predicted molar refractivity (Wildman–Crippen MR) is 58.3 cm³/mol. The summed E-state index contributed by atoms with van der Waals surface area (Å²) in [4.78, 5) is 0.